The molecule has 0 saturated heterocycles. The predicted molar refractivity (Wildman–Crippen MR) is 86.8 cm³/mol. The molecular weight excluding hydrogens is 330 g/mol. The van der Waals surface area contributed by atoms with E-state index in [-0.39, 0.29) is 6.61 Å². The lowest BCUT2D eigenvalue weighted by atomic mass is 9.88. The van der Waals surface area contributed by atoms with Crippen molar-refractivity contribution in [3.63, 3.8) is 0 Å². The van der Waals surface area contributed by atoms with Crippen LogP contribution in [0.15, 0.2) is 30.3 Å². The highest BCUT2D eigenvalue weighted by molar-refractivity contribution is 6.00. The van der Waals surface area contributed by atoms with Gasteiger partial charge in [-0.15, -0.1) is 0 Å². The van der Waals surface area contributed by atoms with Crippen molar-refractivity contribution in [2.75, 3.05) is 0 Å². The smallest absolute Gasteiger partial charge is 0.408 e. The van der Waals surface area contributed by atoms with E-state index in [1.54, 1.807) is 44.2 Å². The molecule has 136 valence electrons. The average Bonchev–Trinajstić information content (AvgIpc) is 2.52. The fourth-order valence-corrected chi connectivity index (χ4v) is 2.23. The van der Waals surface area contributed by atoms with Crippen LogP contribution < -0.4 is 5.32 Å². The number of rotatable bonds is 9. The van der Waals surface area contributed by atoms with Gasteiger partial charge < -0.3 is 20.3 Å². The maximum absolute atomic E-state index is 12.1. The van der Waals surface area contributed by atoms with Crippen LogP contribution in [0.1, 0.15) is 25.8 Å². The highest BCUT2D eigenvalue weighted by atomic mass is 16.5. The van der Waals surface area contributed by atoms with Crippen LogP contribution in [0, 0.1) is 11.8 Å². The van der Waals surface area contributed by atoms with Gasteiger partial charge in [0, 0.05) is 6.42 Å². The average molecular weight is 351 g/mol. The third-order valence-corrected chi connectivity index (χ3v) is 3.49. The van der Waals surface area contributed by atoms with Crippen LogP contribution in [-0.2, 0) is 25.7 Å². The van der Waals surface area contributed by atoms with Crippen LogP contribution in [-0.4, -0.2) is 40.1 Å². The number of benzene rings is 1. The van der Waals surface area contributed by atoms with Gasteiger partial charge in [-0.05, 0) is 11.5 Å². The second-order valence-corrected chi connectivity index (χ2v) is 5.83. The third kappa shape index (κ3) is 6.62. The van der Waals surface area contributed by atoms with Crippen molar-refractivity contribution < 1.29 is 34.1 Å². The Balaban J connectivity index is 2.64. The minimum atomic E-state index is -1.56. The first-order valence-electron chi connectivity index (χ1n) is 7.68. The number of aliphatic carboxylic acids is 2. The maximum atomic E-state index is 12.1. The molecule has 8 heteroatoms. The van der Waals surface area contributed by atoms with E-state index in [0.29, 0.717) is 5.56 Å². The first-order valence-corrected chi connectivity index (χ1v) is 7.68. The predicted octanol–water partition coefficient (Wildman–Crippen LogP) is 1.68. The molecule has 0 saturated carbocycles. The molecule has 1 aromatic carbocycles. The molecule has 1 amide bonds. The Kier molecular flexibility index (Phi) is 7.58. The molecule has 0 bridgehead atoms. The van der Waals surface area contributed by atoms with Crippen LogP contribution >= 0.6 is 0 Å². The first kappa shape index (κ1) is 20.1. The topological polar surface area (TPSA) is 130 Å². The zero-order valence-corrected chi connectivity index (χ0v) is 14.0. The summed E-state index contributed by atoms with van der Waals surface area (Å²) in [5, 5.41) is 20.3. The molecule has 1 unspecified atom stereocenters. The van der Waals surface area contributed by atoms with Crippen LogP contribution in [0.2, 0.25) is 0 Å². The number of amides is 1. The van der Waals surface area contributed by atoms with Gasteiger partial charge in [0.2, 0.25) is 0 Å². The van der Waals surface area contributed by atoms with Gasteiger partial charge in [-0.1, -0.05) is 44.2 Å². The SMILES string of the molecule is CC(C)C(C(=O)O)C(=O)C[C@H](NC(=O)OCc1ccccc1)C(=O)O. The number of ether oxygens (including phenoxy) is 1. The molecule has 0 spiro atoms. The van der Waals surface area contributed by atoms with Crippen molar-refractivity contribution in [1.82, 2.24) is 5.32 Å². The Bertz CT molecular complexity index is 627. The number of ketones is 1. The number of hydrogen-bond acceptors (Lipinski definition) is 5. The fourth-order valence-electron chi connectivity index (χ4n) is 2.23. The number of alkyl carbamates (subject to hydrolysis) is 1. The quantitative estimate of drug-likeness (QED) is 0.577. The lowest BCUT2D eigenvalue weighted by Crippen LogP contribution is -2.44. The molecule has 3 N–H and O–H groups in total. The Labute approximate surface area is 144 Å². The van der Waals surface area contributed by atoms with E-state index < -0.39 is 48.1 Å². The molecule has 1 rings (SSSR count). The molecule has 0 aliphatic rings. The second kappa shape index (κ2) is 9.41. The standard InChI is InChI=1S/C17H21NO7/c1-10(2)14(16(22)23)13(19)8-12(15(20)21)18-17(24)25-9-11-6-4-3-5-7-11/h3-7,10,12,14H,8-9H2,1-2H3,(H,18,24)(H,20,21)(H,22,23)/t12-,14?/m0/s1. The molecule has 0 fully saturated rings. The van der Waals surface area contributed by atoms with Crippen LogP contribution in [0.5, 0.6) is 0 Å². The summed E-state index contributed by atoms with van der Waals surface area (Å²) >= 11 is 0. The maximum Gasteiger partial charge on any atom is 0.408 e. The lowest BCUT2D eigenvalue weighted by Gasteiger charge is -2.18. The molecule has 25 heavy (non-hydrogen) atoms. The van der Waals surface area contributed by atoms with Crippen LogP contribution in [0.4, 0.5) is 4.79 Å². The largest absolute Gasteiger partial charge is 0.481 e. The summed E-state index contributed by atoms with van der Waals surface area (Å²) in [5.74, 6) is -5.36. The van der Waals surface area contributed by atoms with Gasteiger partial charge in [-0.3, -0.25) is 9.59 Å². The first-order chi connectivity index (χ1) is 11.7. The Morgan fingerprint density at radius 1 is 1.04 bits per heavy atom. The Hall–Kier alpha value is -2.90. The molecule has 0 aromatic heterocycles. The third-order valence-electron chi connectivity index (χ3n) is 3.49. The fraction of sp³-hybridized carbons (Fsp3) is 0.412. The normalized spacial score (nSPS) is 12.9. The molecule has 0 aliphatic carbocycles. The summed E-state index contributed by atoms with van der Waals surface area (Å²) in [5.41, 5.74) is 0.714. The second-order valence-electron chi connectivity index (χ2n) is 5.83. The van der Waals surface area contributed by atoms with Gasteiger partial charge in [0.05, 0.1) is 0 Å². The van der Waals surface area contributed by atoms with Crippen molar-refractivity contribution in [2.45, 2.75) is 32.9 Å². The van der Waals surface area contributed by atoms with E-state index in [1.807, 2.05) is 0 Å². The molecule has 0 aliphatic heterocycles. The van der Waals surface area contributed by atoms with Crippen molar-refractivity contribution in [3.05, 3.63) is 35.9 Å². The number of carbonyl (C=O) groups is 4. The molecule has 0 radical (unpaired) electrons. The van der Waals surface area contributed by atoms with E-state index in [4.69, 9.17) is 14.9 Å². The number of Topliss-reactive ketones (excluding diaryl/α,β-unsaturated/α-hetero) is 1. The van der Waals surface area contributed by atoms with Crippen molar-refractivity contribution in [2.24, 2.45) is 11.8 Å². The zero-order chi connectivity index (χ0) is 19.0. The number of carboxylic acids is 2. The van der Waals surface area contributed by atoms with Gasteiger partial charge in [0.15, 0.2) is 0 Å². The summed E-state index contributed by atoms with van der Waals surface area (Å²) < 4.78 is 4.90. The summed E-state index contributed by atoms with van der Waals surface area (Å²) in [4.78, 5) is 46.2. The van der Waals surface area contributed by atoms with E-state index in [2.05, 4.69) is 5.32 Å². The minimum absolute atomic E-state index is 0.0588. The molecule has 1 aromatic rings. The monoisotopic (exact) mass is 351 g/mol. The van der Waals surface area contributed by atoms with Gasteiger partial charge in [0.1, 0.15) is 24.3 Å². The molecule has 0 heterocycles. The number of carboxylic acid groups (broad SMARTS) is 2. The summed E-state index contributed by atoms with van der Waals surface area (Å²) in [6.45, 7) is 3.04. The van der Waals surface area contributed by atoms with Gasteiger partial charge >= 0.3 is 18.0 Å². The lowest BCUT2D eigenvalue weighted by molar-refractivity contribution is -0.150. The van der Waals surface area contributed by atoms with E-state index in [0.717, 1.165) is 0 Å². The van der Waals surface area contributed by atoms with E-state index in [9.17, 15) is 19.2 Å². The molecule has 8 nitrogen and oxygen atoms in total. The highest BCUT2D eigenvalue weighted by Gasteiger charge is 2.33. The van der Waals surface area contributed by atoms with Crippen LogP contribution in [0.3, 0.4) is 0 Å². The van der Waals surface area contributed by atoms with Gasteiger partial charge in [0.25, 0.3) is 0 Å². The summed E-state index contributed by atoms with van der Waals surface area (Å²) in [6, 6.07) is 7.21. The Morgan fingerprint density at radius 2 is 1.64 bits per heavy atom. The Morgan fingerprint density at radius 3 is 2.12 bits per heavy atom. The summed E-state index contributed by atoms with van der Waals surface area (Å²) in [6.07, 6.45) is -1.63. The summed E-state index contributed by atoms with van der Waals surface area (Å²) in [7, 11) is 0. The zero-order valence-electron chi connectivity index (χ0n) is 14.0. The van der Waals surface area contributed by atoms with Gasteiger partial charge in [-0.2, -0.15) is 0 Å². The molecular formula is C17H21NO7. The number of hydrogen-bond donors (Lipinski definition) is 3. The molecule has 2 atom stereocenters. The van der Waals surface area contributed by atoms with Crippen molar-refractivity contribution in [1.29, 1.82) is 0 Å². The number of carbonyl (C=O) groups excluding carboxylic acids is 2. The highest BCUT2D eigenvalue weighted by Crippen LogP contribution is 2.15. The van der Waals surface area contributed by atoms with Crippen LogP contribution in [0.25, 0.3) is 0 Å². The van der Waals surface area contributed by atoms with Gasteiger partial charge in [-0.25, -0.2) is 9.59 Å². The minimum Gasteiger partial charge on any atom is -0.481 e. The van der Waals surface area contributed by atoms with Crippen molar-refractivity contribution in [3.8, 4) is 0 Å². The van der Waals surface area contributed by atoms with Crippen molar-refractivity contribution >= 4 is 23.8 Å². The van der Waals surface area contributed by atoms with E-state index in [1.165, 1.54) is 0 Å². The number of nitrogens with one attached hydrogen (secondary N) is 1. The van der Waals surface area contributed by atoms with E-state index >= 15 is 0 Å².